The van der Waals surface area contributed by atoms with Crippen molar-refractivity contribution in [2.45, 2.75) is 19.9 Å². The predicted molar refractivity (Wildman–Crippen MR) is 98.3 cm³/mol. The summed E-state index contributed by atoms with van der Waals surface area (Å²) in [5.74, 6) is -0.891. The maximum Gasteiger partial charge on any atom is 0.310 e. The van der Waals surface area contributed by atoms with Crippen LogP contribution in [-0.2, 0) is 32.1 Å². The molecule has 0 aromatic heterocycles. The normalized spacial score (nSPS) is 10.1. The van der Waals surface area contributed by atoms with Crippen LogP contribution in [0.4, 0.5) is 5.69 Å². The van der Waals surface area contributed by atoms with E-state index in [4.69, 9.17) is 4.74 Å². The number of amides is 2. The number of rotatable bonds is 7. The third-order valence-electron chi connectivity index (χ3n) is 3.67. The molecule has 6 nitrogen and oxygen atoms in total. The Morgan fingerprint density at radius 3 is 2.23 bits per heavy atom. The van der Waals surface area contributed by atoms with Crippen LogP contribution in [0.1, 0.15) is 18.1 Å². The highest BCUT2D eigenvalue weighted by Gasteiger charge is 2.13. The standard InChI is InChI=1S/C20H22N2O4/c1-15(23)21-18-10-8-16(9-11-18)12-20(25)26-14-19(24)22(2)13-17-6-4-3-5-7-17/h3-11H,12-14H2,1-2H3,(H,21,23). The SMILES string of the molecule is CC(=O)Nc1ccc(CC(=O)OCC(=O)N(C)Cc2ccccc2)cc1. The summed E-state index contributed by atoms with van der Waals surface area (Å²) in [6.45, 7) is 1.60. The highest BCUT2D eigenvalue weighted by Crippen LogP contribution is 2.10. The van der Waals surface area contributed by atoms with E-state index in [1.807, 2.05) is 30.3 Å². The molecule has 2 aromatic rings. The lowest BCUT2D eigenvalue weighted by Crippen LogP contribution is -2.31. The molecular weight excluding hydrogens is 332 g/mol. The van der Waals surface area contributed by atoms with Crippen molar-refractivity contribution in [2.24, 2.45) is 0 Å². The van der Waals surface area contributed by atoms with E-state index in [9.17, 15) is 14.4 Å². The van der Waals surface area contributed by atoms with Crippen molar-refractivity contribution < 1.29 is 19.1 Å². The van der Waals surface area contributed by atoms with Crippen molar-refractivity contribution >= 4 is 23.5 Å². The molecule has 0 bridgehead atoms. The van der Waals surface area contributed by atoms with Gasteiger partial charge in [0, 0.05) is 26.2 Å². The Morgan fingerprint density at radius 2 is 1.62 bits per heavy atom. The summed E-state index contributed by atoms with van der Waals surface area (Å²) >= 11 is 0. The first kappa shape index (κ1) is 19.2. The highest BCUT2D eigenvalue weighted by molar-refractivity contribution is 5.88. The van der Waals surface area contributed by atoms with Gasteiger partial charge in [0.05, 0.1) is 6.42 Å². The molecule has 26 heavy (non-hydrogen) atoms. The summed E-state index contributed by atoms with van der Waals surface area (Å²) < 4.78 is 5.06. The Balaban J connectivity index is 1.77. The third-order valence-corrected chi connectivity index (χ3v) is 3.67. The lowest BCUT2D eigenvalue weighted by molar-refractivity contribution is -0.151. The molecule has 2 amide bonds. The number of ether oxygens (including phenoxy) is 1. The molecule has 0 aliphatic heterocycles. The quantitative estimate of drug-likeness (QED) is 0.775. The number of benzene rings is 2. The average Bonchev–Trinajstić information content (AvgIpc) is 2.61. The van der Waals surface area contributed by atoms with Gasteiger partial charge < -0.3 is 15.0 Å². The molecule has 0 atom stereocenters. The van der Waals surface area contributed by atoms with Crippen LogP contribution in [0.5, 0.6) is 0 Å². The molecule has 0 aliphatic rings. The third kappa shape index (κ3) is 6.39. The van der Waals surface area contributed by atoms with E-state index in [1.54, 1.807) is 31.3 Å². The zero-order valence-corrected chi connectivity index (χ0v) is 14.9. The molecule has 0 aliphatic carbocycles. The summed E-state index contributed by atoms with van der Waals surface area (Å²) in [6.07, 6.45) is 0.0655. The largest absolute Gasteiger partial charge is 0.455 e. The summed E-state index contributed by atoms with van der Waals surface area (Å²) in [4.78, 5) is 36.5. The molecule has 6 heteroatoms. The number of anilines is 1. The van der Waals surface area contributed by atoms with Gasteiger partial charge in [0.2, 0.25) is 5.91 Å². The zero-order valence-electron chi connectivity index (χ0n) is 14.9. The molecule has 136 valence electrons. The van der Waals surface area contributed by atoms with Crippen molar-refractivity contribution in [3.8, 4) is 0 Å². The van der Waals surface area contributed by atoms with Crippen molar-refractivity contribution in [2.75, 3.05) is 19.0 Å². The Hall–Kier alpha value is -3.15. The molecule has 0 radical (unpaired) electrons. The molecule has 0 saturated carbocycles. The topological polar surface area (TPSA) is 75.7 Å². The van der Waals surface area contributed by atoms with Gasteiger partial charge >= 0.3 is 5.97 Å². The highest BCUT2D eigenvalue weighted by atomic mass is 16.5. The van der Waals surface area contributed by atoms with E-state index < -0.39 is 5.97 Å². The van der Waals surface area contributed by atoms with Crippen molar-refractivity contribution in [3.05, 3.63) is 65.7 Å². The number of nitrogens with zero attached hydrogens (tertiary/aromatic N) is 1. The van der Waals surface area contributed by atoms with Crippen molar-refractivity contribution in [1.29, 1.82) is 0 Å². The molecule has 1 N–H and O–H groups in total. The van der Waals surface area contributed by atoms with E-state index in [0.29, 0.717) is 12.2 Å². The number of esters is 1. The van der Waals surface area contributed by atoms with Gasteiger partial charge in [-0.2, -0.15) is 0 Å². The molecule has 0 heterocycles. The fourth-order valence-electron chi connectivity index (χ4n) is 2.32. The lowest BCUT2D eigenvalue weighted by Gasteiger charge is -2.17. The first-order valence-corrected chi connectivity index (χ1v) is 8.24. The van der Waals surface area contributed by atoms with Crippen LogP contribution >= 0.6 is 0 Å². The summed E-state index contributed by atoms with van der Waals surface area (Å²) in [5.41, 5.74) is 2.41. The van der Waals surface area contributed by atoms with Crippen molar-refractivity contribution in [3.63, 3.8) is 0 Å². The molecule has 0 fully saturated rings. The second-order valence-corrected chi connectivity index (χ2v) is 5.95. The van der Waals surface area contributed by atoms with Crippen molar-refractivity contribution in [1.82, 2.24) is 4.90 Å². The van der Waals surface area contributed by atoms with Gasteiger partial charge in [0.15, 0.2) is 6.61 Å². The van der Waals surface area contributed by atoms with Crippen LogP contribution in [0.25, 0.3) is 0 Å². The molecule has 0 unspecified atom stereocenters. The second kappa shape index (κ2) is 9.36. The van der Waals surface area contributed by atoms with E-state index >= 15 is 0 Å². The number of carbonyl (C=O) groups is 3. The zero-order chi connectivity index (χ0) is 18.9. The Morgan fingerprint density at radius 1 is 0.962 bits per heavy atom. The van der Waals surface area contributed by atoms with Gasteiger partial charge in [-0.15, -0.1) is 0 Å². The smallest absolute Gasteiger partial charge is 0.310 e. The maximum absolute atomic E-state index is 12.1. The first-order chi connectivity index (χ1) is 12.4. The van der Waals surface area contributed by atoms with E-state index in [-0.39, 0.29) is 24.8 Å². The van der Waals surface area contributed by atoms with Gasteiger partial charge in [0.25, 0.3) is 5.91 Å². The lowest BCUT2D eigenvalue weighted by atomic mass is 10.1. The van der Waals surface area contributed by atoms with Gasteiger partial charge in [-0.25, -0.2) is 0 Å². The van der Waals surface area contributed by atoms with E-state index in [0.717, 1.165) is 11.1 Å². The van der Waals surface area contributed by atoms with Gasteiger partial charge in [-0.1, -0.05) is 42.5 Å². The van der Waals surface area contributed by atoms with Crippen LogP contribution in [0.3, 0.4) is 0 Å². The van der Waals surface area contributed by atoms with E-state index in [1.165, 1.54) is 11.8 Å². The minimum atomic E-state index is -0.473. The number of hydrogen-bond acceptors (Lipinski definition) is 4. The Kier molecular flexibility index (Phi) is 6.91. The van der Waals surface area contributed by atoms with Crippen LogP contribution in [0, 0.1) is 0 Å². The minimum absolute atomic E-state index is 0.0655. The van der Waals surface area contributed by atoms with Crippen LogP contribution in [-0.4, -0.2) is 36.3 Å². The fraction of sp³-hybridized carbons (Fsp3) is 0.250. The summed E-state index contributed by atoms with van der Waals surface area (Å²) in [6, 6.07) is 16.5. The van der Waals surface area contributed by atoms with Gasteiger partial charge in [-0.05, 0) is 23.3 Å². The monoisotopic (exact) mass is 354 g/mol. The average molecular weight is 354 g/mol. The molecule has 2 aromatic carbocycles. The van der Waals surface area contributed by atoms with E-state index in [2.05, 4.69) is 5.32 Å². The Bertz CT molecular complexity index is 757. The predicted octanol–water partition coefficient (Wildman–Crippen LogP) is 2.39. The molecule has 0 spiro atoms. The molecule has 0 saturated heterocycles. The van der Waals surface area contributed by atoms with Crippen LogP contribution in [0.2, 0.25) is 0 Å². The minimum Gasteiger partial charge on any atom is -0.455 e. The fourth-order valence-corrected chi connectivity index (χ4v) is 2.32. The number of hydrogen-bond donors (Lipinski definition) is 1. The maximum atomic E-state index is 12.1. The van der Waals surface area contributed by atoms with Crippen LogP contribution in [0.15, 0.2) is 54.6 Å². The summed E-state index contributed by atoms with van der Waals surface area (Å²) in [5, 5.41) is 2.65. The summed E-state index contributed by atoms with van der Waals surface area (Å²) in [7, 11) is 1.67. The number of nitrogens with one attached hydrogen (secondary N) is 1. The van der Waals surface area contributed by atoms with Gasteiger partial charge in [0.1, 0.15) is 0 Å². The van der Waals surface area contributed by atoms with Gasteiger partial charge in [-0.3, -0.25) is 14.4 Å². The second-order valence-electron chi connectivity index (χ2n) is 5.95. The molecular formula is C20H22N2O4. The first-order valence-electron chi connectivity index (χ1n) is 8.24. The van der Waals surface area contributed by atoms with Crippen LogP contribution < -0.4 is 5.32 Å². The Labute approximate surface area is 152 Å². The molecule has 2 rings (SSSR count). The number of likely N-dealkylation sites (N-methyl/N-ethyl adjacent to an activating group) is 1. The number of carbonyl (C=O) groups excluding carboxylic acids is 3.